The lowest BCUT2D eigenvalue weighted by Crippen LogP contribution is -2.35. The molecule has 2 aliphatic heterocycles. The number of hydrogen-bond acceptors (Lipinski definition) is 6. The molecular formula is C21H25FN4O4. The summed E-state index contributed by atoms with van der Waals surface area (Å²) in [5.41, 5.74) is 11.5. The predicted molar refractivity (Wildman–Crippen MR) is 111 cm³/mol. The average Bonchev–Trinajstić information content (AvgIpc) is 3.45. The fraction of sp³-hybridized carbons (Fsp3) is 0.524. The molecular weight excluding hydrogens is 391 g/mol. The summed E-state index contributed by atoms with van der Waals surface area (Å²) in [7, 11) is 0. The quantitative estimate of drug-likeness (QED) is 0.651. The largest absolute Gasteiger partial charge is 0.487 e. The fourth-order valence-corrected chi connectivity index (χ4v) is 4.94. The van der Waals surface area contributed by atoms with Crippen molar-refractivity contribution in [3.63, 3.8) is 0 Å². The number of nitrogens with zero attached hydrogens (tertiary/aromatic N) is 2. The minimum atomic E-state index is -1.37. The number of pyridine rings is 1. The van der Waals surface area contributed by atoms with Gasteiger partial charge in [-0.05, 0) is 38.0 Å². The molecule has 8 nitrogen and oxygen atoms in total. The number of hydrogen-bond donors (Lipinski definition) is 3. The Hall–Kier alpha value is -2.81. The number of carboxylic acids is 1. The van der Waals surface area contributed by atoms with Crippen molar-refractivity contribution in [1.29, 1.82) is 0 Å². The molecule has 0 bridgehead atoms. The van der Waals surface area contributed by atoms with Crippen LogP contribution in [0.25, 0.3) is 10.9 Å². The van der Waals surface area contributed by atoms with Crippen molar-refractivity contribution in [2.24, 2.45) is 17.6 Å². The van der Waals surface area contributed by atoms with Crippen molar-refractivity contribution >= 4 is 28.2 Å². The first-order valence-corrected chi connectivity index (χ1v) is 10.4. The maximum Gasteiger partial charge on any atom is 0.341 e. The summed E-state index contributed by atoms with van der Waals surface area (Å²) in [5, 5.41) is 9.30. The van der Waals surface area contributed by atoms with E-state index in [2.05, 4.69) is 0 Å². The molecule has 3 aliphatic rings. The number of aromatic nitrogens is 1. The van der Waals surface area contributed by atoms with Gasteiger partial charge >= 0.3 is 5.97 Å². The molecule has 0 unspecified atom stereocenters. The van der Waals surface area contributed by atoms with Crippen molar-refractivity contribution in [2.45, 2.75) is 38.3 Å². The first-order chi connectivity index (χ1) is 14.3. The Kier molecular flexibility index (Phi) is 4.22. The van der Waals surface area contributed by atoms with E-state index < -0.39 is 22.8 Å². The molecule has 2 fully saturated rings. The number of carbonyl (C=O) groups is 1. The molecule has 0 amide bonds. The van der Waals surface area contributed by atoms with Crippen LogP contribution in [0.15, 0.2) is 11.0 Å². The van der Waals surface area contributed by atoms with Crippen LogP contribution >= 0.6 is 0 Å². The van der Waals surface area contributed by atoms with E-state index in [-0.39, 0.29) is 47.1 Å². The van der Waals surface area contributed by atoms with E-state index in [1.165, 1.54) is 6.20 Å². The summed E-state index contributed by atoms with van der Waals surface area (Å²) in [6, 6.07) is -0.129. The van der Waals surface area contributed by atoms with Crippen LogP contribution in [0.1, 0.15) is 42.6 Å². The van der Waals surface area contributed by atoms with Crippen LogP contribution in [0.3, 0.4) is 0 Å². The summed E-state index contributed by atoms with van der Waals surface area (Å²) in [6.07, 6.45) is 4.47. The Balaban J connectivity index is 1.70. The lowest BCUT2D eigenvalue weighted by molar-refractivity contribution is 0.0694. The number of anilines is 2. The summed E-state index contributed by atoms with van der Waals surface area (Å²) in [6.45, 7) is 3.30. The van der Waals surface area contributed by atoms with E-state index in [9.17, 15) is 14.7 Å². The van der Waals surface area contributed by atoms with Crippen molar-refractivity contribution in [3.8, 4) is 5.75 Å². The van der Waals surface area contributed by atoms with E-state index in [1.54, 1.807) is 4.57 Å². The summed E-state index contributed by atoms with van der Waals surface area (Å²) in [4.78, 5) is 26.3. The summed E-state index contributed by atoms with van der Waals surface area (Å²) >= 11 is 0. The highest BCUT2D eigenvalue weighted by Gasteiger charge is 2.40. The van der Waals surface area contributed by atoms with E-state index in [0.717, 1.165) is 19.3 Å². The molecule has 9 heteroatoms. The van der Waals surface area contributed by atoms with Gasteiger partial charge in [0.1, 0.15) is 17.9 Å². The molecule has 1 aromatic carbocycles. The van der Waals surface area contributed by atoms with E-state index in [1.807, 2.05) is 11.8 Å². The number of carboxylic acid groups (broad SMARTS) is 1. The third-order valence-corrected chi connectivity index (χ3v) is 6.80. The molecule has 5 rings (SSSR count). The zero-order chi connectivity index (χ0) is 21.3. The van der Waals surface area contributed by atoms with Crippen LogP contribution in [0.5, 0.6) is 5.75 Å². The predicted octanol–water partition coefficient (Wildman–Crippen LogP) is 1.94. The number of halogens is 1. The highest BCUT2D eigenvalue weighted by Crippen LogP contribution is 2.47. The molecule has 1 aromatic heterocycles. The van der Waals surface area contributed by atoms with Crippen molar-refractivity contribution in [2.75, 3.05) is 30.3 Å². The third kappa shape index (κ3) is 2.68. The molecule has 2 aromatic rings. The molecule has 5 N–H and O–H groups in total. The van der Waals surface area contributed by atoms with Gasteiger partial charge in [-0.1, -0.05) is 0 Å². The topological polar surface area (TPSA) is 124 Å². The normalized spacial score (nSPS) is 24.2. The van der Waals surface area contributed by atoms with E-state index >= 15 is 4.39 Å². The Bertz CT molecular complexity index is 1130. The van der Waals surface area contributed by atoms with Gasteiger partial charge in [0.2, 0.25) is 5.43 Å². The maximum atomic E-state index is 15.5. The second-order valence-electron chi connectivity index (χ2n) is 8.78. The summed E-state index contributed by atoms with van der Waals surface area (Å²) in [5.74, 6) is -1.04. The smallest absolute Gasteiger partial charge is 0.341 e. The number of nitrogen functional groups attached to an aromatic ring is 1. The molecule has 0 radical (unpaired) electrons. The van der Waals surface area contributed by atoms with Crippen LogP contribution in [0.4, 0.5) is 15.8 Å². The second-order valence-corrected chi connectivity index (χ2v) is 8.78. The van der Waals surface area contributed by atoms with Gasteiger partial charge in [0.25, 0.3) is 0 Å². The second kappa shape index (κ2) is 6.60. The first-order valence-electron chi connectivity index (χ1n) is 10.4. The van der Waals surface area contributed by atoms with Gasteiger partial charge in [0.05, 0.1) is 22.6 Å². The highest BCUT2D eigenvalue weighted by molar-refractivity contribution is 6.03. The van der Waals surface area contributed by atoms with Gasteiger partial charge < -0.3 is 30.8 Å². The number of rotatable bonds is 4. The molecule has 0 spiro atoms. The van der Waals surface area contributed by atoms with E-state index in [0.29, 0.717) is 24.5 Å². The standard InChI is InChI=1S/C21H25FN4O4/c1-9-8-30-20-17-13(19(27)12(21(28)29)7-26(9)17)16(24)14(22)18(20)25-5-4-11(6-25)15(23)10-2-3-10/h7,9-11,15H,2-6,8,23-24H2,1H3,(H,28,29)/t9-,11+,15-/m0/s1. The average molecular weight is 416 g/mol. The van der Waals surface area contributed by atoms with Gasteiger partial charge in [-0.3, -0.25) is 4.79 Å². The molecule has 3 atom stereocenters. The number of aromatic carboxylic acids is 1. The number of ether oxygens (including phenoxy) is 1. The van der Waals surface area contributed by atoms with Crippen molar-refractivity contribution < 1.29 is 19.0 Å². The van der Waals surface area contributed by atoms with Gasteiger partial charge in [-0.25, -0.2) is 9.18 Å². The number of nitrogens with two attached hydrogens (primary N) is 2. The first kappa shape index (κ1) is 19.2. The van der Waals surface area contributed by atoms with Crippen LogP contribution in [0.2, 0.25) is 0 Å². The molecule has 1 aliphatic carbocycles. The van der Waals surface area contributed by atoms with Crippen molar-refractivity contribution in [3.05, 3.63) is 27.8 Å². The van der Waals surface area contributed by atoms with E-state index in [4.69, 9.17) is 16.2 Å². The zero-order valence-corrected chi connectivity index (χ0v) is 16.7. The number of benzene rings is 1. The molecule has 30 heavy (non-hydrogen) atoms. The minimum Gasteiger partial charge on any atom is -0.487 e. The zero-order valence-electron chi connectivity index (χ0n) is 16.7. The van der Waals surface area contributed by atoms with Gasteiger partial charge in [-0.15, -0.1) is 0 Å². The van der Waals surface area contributed by atoms with Crippen LogP contribution in [0, 0.1) is 17.7 Å². The Morgan fingerprint density at radius 1 is 1.33 bits per heavy atom. The Labute approximate surface area is 172 Å². The van der Waals surface area contributed by atoms with Crippen LogP contribution in [-0.2, 0) is 0 Å². The van der Waals surface area contributed by atoms with Gasteiger partial charge in [-0.2, -0.15) is 0 Å². The van der Waals surface area contributed by atoms with Crippen LogP contribution < -0.4 is 26.5 Å². The molecule has 160 valence electrons. The fourth-order valence-electron chi connectivity index (χ4n) is 4.94. The van der Waals surface area contributed by atoms with Gasteiger partial charge in [0.15, 0.2) is 11.6 Å². The minimum absolute atomic E-state index is 0.101. The Morgan fingerprint density at radius 2 is 2.07 bits per heavy atom. The Morgan fingerprint density at radius 3 is 2.73 bits per heavy atom. The maximum absolute atomic E-state index is 15.5. The lowest BCUT2D eigenvalue weighted by atomic mass is 9.96. The van der Waals surface area contributed by atoms with Gasteiger partial charge in [0, 0.05) is 25.3 Å². The molecule has 1 saturated carbocycles. The SMILES string of the molecule is C[C@H]1COc2c(N3CC[C@@H]([C@@H](N)C4CC4)C3)c(F)c(N)c3c(=O)c(C(=O)O)cn1c23. The van der Waals surface area contributed by atoms with Crippen LogP contribution in [-0.4, -0.2) is 41.4 Å². The third-order valence-electron chi connectivity index (χ3n) is 6.80. The lowest BCUT2D eigenvalue weighted by Gasteiger charge is -2.32. The molecule has 1 saturated heterocycles. The van der Waals surface area contributed by atoms with Crippen molar-refractivity contribution in [1.82, 2.24) is 4.57 Å². The summed E-state index contributed by atoms with van der Waals surface area (Å²) < 4.78 is 23.1. The highest BCUT2D eigenvalue weighted by atomic mass is 19.1. The monoisotopic (exact) mass is 416 g/mol. The molecule has 3 heterocycles.